The van der Waals surface area contributed by atoms with E-state index in [2.05, 4.69) is 20.0 Å². The second-order valence-corrected chi connectivity index (χ2v) is 11.0. The number of thiazole rings is 1. The van der Waals surface area contributed by atoms with Crippen LogP contribution < -0.4 is 10.0 Å². The molecule has 0 radical (unpaired) electrons. The van der Waals surface area contributed by atoms with Gasteiger partial charge in [0.1, 0.15) is 11.6 Å². The van der Waals surface area contributed by atoms with Crippen LogP contribution in [-0.2, 0) is 10.0 Å². The van der Waals surface area contributed by atoms with Crippen LogP contribution >= 0.6 is 11.3 Å². The highest BCUT2D eigenvalue weighted by Gasteiger charge is 2.28. The molecule has 0 amide bonds. The van der Waals surface area contributed by atoms with Gasteiger partial charge in [0.15, 0.2) is 10.8 Å². The van der Waals surface area contributed by atoms with Gasteiger partial charge in [-0.1, -0.05) is 0 Å². The minimum atomic E-state index is -4.10. The van der Waals surface area contributed by atoms with Gasteiger partial charge in [0.25, 0.3) is 10.0 Å². The molecule has 0 aliphatic heterocycles. The lowest BCUT2D eigenvalue weighted by atomic mass is 10.0. The lowest BCUT2D eigenvalue weighted by molar-refractivity contribution is 0.168. The maximum absolute atomic E-state index is 14.7. The SMILES string of the molecule is Cc1ccc(NC(CN(C)C(C)(C)C)c2cc(F)ccc2F)c(S(=O)(=O)Nc2cscn2)n1. The number of anilines is 2. The third-order valence-corrected chi connectivity index (χ3v) is 7.07. The maximum Gasteiger partial charge on any atom is 0.282 e. The number of nitrogens with one attached hydrogen (secondary N) is 2. The molecule has 1 unspecified atom stereocenters. The summed E-state index contributed by atoms with van der Waals surface area (Å²) < 4.78 is 57.4. The van der Waals surface area contributed by atoms with Crippen molar-refractivity contribution in [2.75, 3.05) is 23.6 Å². The van der Waals surface area contributed by atoms with Crippen molar-refractivity contribution in [3.05, 3.63) is 64.1 Å². The monoisotopic (exact) mass is 495 g/mol. The summed E-state index contributed by atoms with van der Waals surface area (Å²) in [5.74, 6) is -1.01. The van der Waals surface area contributed by atoms with Crippen molar-refractivity contribution in [3.63, 3.8) is 0 Å². The Bertz CT molecular complexity index is 1210. The van der Waals surface area contributed by atoms with Gasteiger partial charge >= 0.3 is 0 Å². The molecule has 0 aliphatic rings. The lowest BCUT2D eigenvalue weighted by Crippen LogP contribution is -2.42. The highest BCUT2D eigenvalue weighted by molar-refractivity contribution is 7.92. The predicted octanol–water partition coefficient (Wildman–Crippen LogP) is 4.81. The number of hydrogen-bond acceptors (Lipinski definition) is 7. The molecule has 2 N–H and O–H groups in total. The quantitative estimate of drug-likeness (QED) is 0.466. The topological polar surface area (TPSA) is 87.2 Å². The van der Waals surface area contributed by atoms with E-state index < -0.39 is 27.7 Å². The summed E-state index contributed by atoms with van der Waals surface area (Å²) in [4.78, 5) is 10.1. The lowest BCUT2D eigenvalue weighted by Gasteiger charge is -2.35. The van der Waals surface area contributed by atoms with Gasteiger partial charge in [-0.3, -0.25) is 9.62 Å². The van der Waals surface area contributed by atoms with E-state index in [0.717, 1.165) is 18.2 Å². The van der Waals surface area contributed by atoms with Crippen molar-refractivity contribution in [2.45, 2.75) is 44.3 Å². The van der Waals surface area contributed by atoms with E-state index >= 15 is 0 Å². The molecule has 33 heavy (non-hydrogen) atoms. The number of nitrogens with zero attached hydrogens (tertiary/aromatic N) is 3. The predicted molar refractivity (Wildman–Crippen MR) is 127 cm³/mol. The first-order valence-corrected chi connectivity index (χ1v) is 12.6. The van der Waals surface area contributed by atoms with Gasteiger partial charge in [-0.15, -0.1) is 11.3 Å². The Hall–Kier alpha value is -2.63. The molecular formula is C22H27F2N5O2S2. The van der Waals surface area contributed by atoms with Crippen LogP contribution in [0.2, 0.25) is 0 Å². The Morgan fingerprint density at radius 3 is 2.55 bits per heavy atom. The van der Waals surface area contributed by atoms with Crippen LogP contribution in [-0.4, -0.2) is 42.4 Å². The molecular weight excluding hydrogens is 468 g/mol. The van der Waals surface area contributed by atoms with Crippen LogP contribution in [0, 0.1) is 18.6 Å². The number of pyridine rings is 1. The number of likely N-dealkylation sites (N-methyl/N-ethyl adjacent to an activating group) is 1. The summed E-state index contributed by atoms with van der Waals surface area (Å²) in [5, 5.41) is 4.41. The first-order chi connectivity index (χ1) is 15.4. The number of hydrogen-bond donors (Lipinski definition) is 2. The zero-order chi connectivity index (χ0) is 24.4. The van der Waals surface area contributed by atoms with Crippen LogP contribution in [0.3, 0.4) is 0 Å². The van der Waals surface area contributed by atoms with Gasteiger partial charge in [0, 0.05) is 28.7 Å². The molecule has 2 aromatic heterocycles. The highest BCUT2D eigenvalue weighted by Crippen LogP contribution is 2.30. The van der Waals surface area contributed by atoms with Crippen LogP contribution in [0.5, 0.6) is 0 Å². The zero-order valence-electron chi connectivity index (χ0n) is 19.1. The summed E-state index contributed by atoms with van der Waals surface area (Å²) in [6.07, 6.45) is 0. The number of aryl methyl sites for hydroxylation is 1. The third kappa shape index (κ3) is 6.24. The molecule has 0 saturated heterocycles. The zero-order valence-corrected chi connectivity index (χ0v) is 20.7. The smallest absolute Gasteiger partial charge is 0.282 e. The number of rotatable bonds is 8. The van der Waals surface area contributed by atoms with E-state index in [1.54, 1.807) is 24.4 Å². The fraction of sp³-hybridized carbons (Fsp3) is 0.364. The van der Waals surface area contributed by atoms with E-state index in [1.165, 1.54) is 16.8 Å². The number of sulfonamides is 1. The molecule has 1 atom stereocenters. The first kappa shape index (κ1) is 25.0. The largest absolute Gasteiger partial charge is 0.374 e. The molecule has 11 heteroatoms. The van der Waals surface area contributed by atoms with E-state index in [4.69, 9.17) is 0 Å². The van der Waals surface area contributed by atoms with Crippen molar-refractivity contribution in [1.29, 1.82) is 0 Å². The Morgan fingerprint density at radius 2 is 1.91 bits per heavy atom. The van der Waals surface area contributed by atoms with E-state index in [1.807, 2.05) is 32.7 Å². The van der Waals surface area contributed by atoms with E-state index in [-0.39, 0.29) is 34.2 Å². The molecule has 0 spiro atoms. The van der Waals surface area contributed by atoms with Crippen LogP contribution in [0.15, 0.2) is 46.2 Å². The molecule has 0 aliphatic carbocycles. The van der Waals surface area contributed by atoms with E-state index in [0.29, 0.717) is 5.69 Å². The molecule has 7 nitrogen and oxygen atoms in total. The minimum absolute atomic E-state index is 0.0856. The average Bonchev–Trinajstić information content (AvgIpc) is 3.22. The molecule has 178 valence electrons. The molecule has 2 heterocycles. The first-order valence-electron chi connectivity index (χ1n) is 10.2. The number of benzene rings is 1. The van der Waals surface area contributed by atoms with Crippen LogP contribution in [0.1, 0.15) is 38.1 Å². The number of halogens is 2. The highest BCUT2D eigenvalue weighted by atomic mass is 32.2. The fourth-order valence-electron chi connectivity index (χ4n) is 3.04. The Labute approximate surface area is 196 Å². The molecule has 0 bridgehead atoms. The van der Waals surface area contributed by atoms with Crippen LogP contribution in [0.25, 0.3) is 0 Å². The standard InChI is InChI=1S/C22H27F2N5O2S2/c1-14-6-9-18(21(26-14)33(30,31)28-20-12-32-13-25-20)27-19(11-29(5)22(2,3)4)16-10-15(23)7-8-17(16)24/h6-10,12-13,19,27-28H,11H2,1-5H3. The summed E-state index contributed by atoms with van der Waals surface area (Å²) in [7, 11) is -2.24. The summed E-state index contributed by atoms with van der Waals surface area (Å²) in [6.45, 7) is 7.92. The van der Waals surface area contributed by atoms with Gasteiger partial charge in [0.2, 0.25) is 0 Å². The normalized spacial score (nSPS) is 13.2. The van der Waals surface area contributed by atoms with Gasteiger partial charge in [-0.25, -0.2) is 18.7 Å². The molecule has 1 aromatic carbocycles. The van der Waals surface area contributed by atoms with Crippen molar-refractivity contribution in [2.24, 2.45) is 0 Å². The Morgan fingerprint density at radius 1 is 1.18 bits per heavy atom. The fourth-order valence-corrected chi connectivity index (χ4v) is 4.76. The number of aromatic nitrogens is 2. The molecule has 3 aromatic rings. The minimum Gasteiger partial charge on any atom is -0.374 e. The van der Waals surface area contributed by atoms with E-state index in [9.17, 15) is 17.2 Å². The van der Waals surface area contributed by atoms with Gasteiger partial charge in [-0.2, -0.15) is 8.42 Å². The average molecular weight is 496 g/mol. The van der Waals surface area contributed by atoms with Crippen molar-refractivity contribution >= 4 is 32.9 Å². The summed E-state index contributed by atoms with van der Waals surface area (Å²) >= 11 is 1.25. The Balaban J connectivity index is 2.05. The Kier molecular flexibility index (Phi) is 7.35. The second-order valence-electron chi connectivity index (χ2n) is 8.70. The van der Waals surface area contributed by atoms with Crippen molar-refractivity contribution < 1.29 is 17.2 Å². The summed E-state index contributed by atoms with van der Waals surface area (Å²) in [5.41, 5.74) is 1.98. The van der Waals surface area contributed by atoms with Gasteiger partial charge in [0.05, 0.1) is 17.2 Å². The second kappa shape index (κ2) is 9.70. The third-order valence-electron chi connectivity index (χ3n) is 5.19. The van der Waals surface area contributed by atoms with Gasteiger partial charge < -0.3 is 5.32 Å². The maximum atomic E-state index is 14.7. The molecule has 0 fully saturated rings. The molecule has 3 rings (SSSR count). The van der Waals surface area contributed by atoms with Crippen molar-refractivity contribution in [1.82, 2.24) is 14.9 Å². The van der Waals surface area contributed by atoms with Gasteiger partial charge in [-0.05, 0) is 65.1 Å². The van der Waals surface area contributed by atoms with Crippen LogP contribution in [0.4, 0.5) is 20.3 Å². The van der Waals surface area contributed by atoms with Crippen molar-refractivity contribution in [3.8, 4) is 0 Å². The molecule has 0 saturated carbocycles. The summed E-state index contributed by atoms with van der Waals surface area (Å²) in [6, 6.07) is 5.68.